The highest BCUT2D eigenvalue weighted by Gasteiger charge is 2.33. The number of benzene rings is 2. The van der Waals surface area contributed by atoms with Gasteiger partial charge in [-0.3, -0.25) is 9.78 Å². The lowest BCUT2D eigenvalue weighted by molar-refractivity contribution is 0.0968. The van der Waals surface area contributed by atoms with Gasteiger partial charge in [-0.15, -0.1) is 0 Å². The van der Waals surface area contributed by atoms with Crippen LogP contribution in [0.15, 0.2) is 36.5 Å². The number of rotatable bonds is 5. The van der Waals surface area contributed by atoms with E-state index in [4.69, 9.17) is 11.6 Å². The maximum absolute atomic E-state index is 14.4. The first-order valence-corrected chi connectivity index (χ1v) is 12.1. The molecule has 2 fully saturated rings. The molecule has 172 valence electrons. The Balaban J connectivity index is 1.63. The van der Waals surface area contributed by atoms with Gasteiger partial charge in [0.05, 0.1) is 16.8 Å². The first kappa shape index (κ1) is 22.3. The van der Waals surface area contributed by atoms with Gasteiger partial charge in [0.15, 0.2) is 5.78 Å². The number of pyridine rings is 1. The molecule has 0 spiro atoms. The molecule has 1 aromatic heterocycles. The molecule has 1 saturated heterocycles. The van der Waals surface area contributed by atoms with Crippen LogP contribution in [0.2, 0.25) is 5.02 Å². The van der Waals surface area contributed by atoms with E-state index in [-0.39, 0.29) is 23.6 Å². The summed E-state index contributed by atoms with van der Waals surface area (Å²) in [6.45, 7) is 6.06. The second-order valence-corrected chi connectivity index (χ2v) is 10.2. The average Bonchev–Trinajstić information content (AvgIpc) is 3.61. The van der Waals surface area contributed by atoms with Crippen LogP contribution in [0, 0.1) is 18.7 Å². The fourth-order valence-electron chi connectivity index (χ4n) is 4.99. The Morgan fingerprint density at radius 1 is 1.12 bits per heavy atom. The van der Waals surface area contributed by atoms with Gasteiger partial charge in [0.25, 0.3) is 0 Å². The largest absolute Gasteiger partial charge is 0.381 e. The monoisotopic (exact) mass is 465 g/mol. The van der Waals surface area contributed by atoms with Gasteiger partial charge in [-0.2, -0.15) is 0 Å². The fourth-order valence-corrected chi connectivity index (χ4v) is 5.19. The van der Waals surface area contributed by atoms with Crippen molar-refractivity contribution < 1.29 is 9.18 Å². The Labute approximate surface area is 198 Å². The van der Waals surface area contributed by atoms with Crippen molar-refractivity contribution in [2.45, 2.75) is 64.6 Å². The third kappa shape index (κ3) is 4.49. The van der Waals surface area contributed by atoms with Crippen molar-refractivity contribution >= 4 is 34.0 Å². The van der Waals surface area contributed by atoms with Crippen molar-refractivity contribution in [3.05, 3.63) is 58.5 Å². The number of halogens is 2. The van der Waals surface area contributed by atoms with E-state index in [9.17, 15) is 9.18 Å². The van der Waals surface area contributed by atoms with Crippen molar-refractivity contribution in [2.75, 3.05) is 5.32 Å². The van der Waals surface area contributed by atoms with E-state index in [2.05, 4.69) is 29.5 Å². The summed E-state index contributed by atoms with van der Waals surface area (Å²) in [5.41, 5.74) is 4.31. The Bertz CT molecular complexity index is 1210. The van der Waals surface area contributed by atoms with Gasteiger partial charge in [-0.25, -0.2) is 4.39 Å². The molecule has 3 aromatic rings. The van der Waals surface area contributed by atoms with E-state index in [1.54, 1.807) is 19.2 Å². The molecule has 2 heterocycles. The van der Waals surface area contributed by atoms with Crippen LogP contribution >= 0.6 is 11.6 Å². The maximum atomic E-state index is 14.4. The lowest BCUT2D eigenvalue weighted by Gasteiger charge is -2.34. The number of anilines is 1. The first-order chi connectivity index (χ1) is 15.8. The third-order valence-electron chi connectivity index (χ3n) is 6.89. The quantitative estimate of drug-likeness (QED) is 0.420. The minimum atomic E-state index is -0.329. The van der Waals surface area contributed by atoms with E-state index in [1.807, 2.05) is 18.2 Å². The number of nitrogens with one attached hydrogen (secondary N) is 2. The standard InChI is InChI=1S/C27H29ClFN3O/c1-14-8-20(9-15(2)31-14)32-26-21-10-18(19-11-23(28)16(3)24(29)12-19)6-7-25(21)30-13-22(26)27(33)17-4-5-17/h6-7,10-15,17,20,31H,4-5,8-9H2,1-3H3,(H,30,32)/t14-,15+,20+. The molecule has 3 atom stereocenters. The number of hydrogen-bond acceptors (Lipinski definition) is 4. The summed E-state index contributed by atoms with van der Waals surface area (Å²) < 4.78 is 14.4. The number of fused-ring (bicyclic) bond motifs is 1. The zero-order chi connectivity index (χ0) is 23.3. The van der Waals surface area contributed by atoms with Gasteiger partial charge in [0.1, 0.15) is 5.82 Å². The van der Waals surface area contributed by atoms with E-state index >= 15 is 0 Å². The minimum absolute atomic E-state index is 0.101. The molecule has 6 heteroatoms. The number of ketones is 1. The predicted octanol–water partition coefficient (Wildman–Crippen LogP) is 6.54. The zero-order valence-corrected chi connectivity index (χ0v) is 20.0. The van der Waals surface area contributed by atoms with Crippen LogP contribution in [0.25, 0.3) is 22.0 Å². The minimum Gasteiger partial charge on any atom is -0.381 e. The van der Waals surface area contributed by atoms with E-state index < -0.39 is 0 Å². The molecule has 0 radical (unpaired) electrons. The second kappa shape index (κ2) is 8.69. The normalized spacial score (nSPS) is 23.0. The summed E-state index contributed by atoms with van der Waals surface area (Å²) >= 11 is 6.27. The molecule has 1 aliphatic heterocycles. The lowest BCUT2D eigenvalue weighted by Crippen LogP contribution is -2.46. The van der Waals surface area contributed by atoms with Crippen molar-refractivity contribution in [3.63, 3.8) is 0 Å². The Morgan fingerprint density at radius 2 is 1.85 bits per heavy atom. The molecular weight excluding hydrogens is 437 g/mol. The number of hydrogen-bond donors (Lipinski definition) is 2. The fraction of sp³-hybridized carbons (Fsp3) is 0.407. The van der Waals surface area contributed by atoms with Crippen LogP contribution in [0.5, 0.6) is 0 Å². The van der Waals surface area contributed by atoms with Gasteiger partial charge in [0, 0.05) is 46.2 Å². The maximum Gasteiger partial charge on any atom is 0.169 e. The van der Waals surface area contributed by atoms with E-state index in [0.29, 0.717) is 33.8 Å². The van der Waals surface area contributed by atoms with Crippen molar-refractivity contribution in [3.8, 4) is 11.1 Å². The number of aromatic nitrogens is 1. The molecule has 0 bridgehead atoms. The van der Waals surface area contributed by atoms with Crippen LogP contribution in [-0.4, -0.2) is 28.9 Å². The Hall–Kier alpha value is -2.50. The summed E-state index contributed by atoms with van der Waals surface area (Å²) in [7, 11) is 0. The van der Waals surface area contributed by atoms with Gasteiger partial charge >= 0.3 is 0 Å². The van der Waals surface area contributed by atoms with Crippen molar-refractivity contribution in [1.29, 1.82) is 0 Å². The third-order valence-corrected chi connectivity index (χ3v) is 7.28. The zero-order valence-electron chi connectivity index (χ0n) is 19.2. The van der Waals surface area contributed by atoms with E-state index in [0.717, 1.165) is 47.8 Å². The molecule has 2 aliphatic rings. The molecule has 2 aromatic carbocycles. The summed E-state index contributed by atoms with van der Waals surface area (Å²) in [6.07, 6.45) is 5.56. The van der Waals surface area contributed by atoms with Crippen molar-refractivity contribution in [1.82, 2.24) is 10.3 Å². The Kier molecular flexibility index (Phi) is 5.87. The Morgan fingerprint density at radius 3 is 2.52 bits per heavy atom. The summed E-state index contributed by atoms with van der Waals surface area (Å²) in [6, 6.07) is 10.2. The SMILES string of the molecule is Cc1c(F)cc(-c2ccc3ncc(C(=O)C4CC4)c(N[C@H]4C[C@@H](C)N[C@@H](C)C4)c3c2)cc1Cl. The number of carbonyl (C=O) groups is 1. The molecular formula is C27H29ClFN3O. The average molecular weight is 466 g/mol. The number of Topliss-reactive ketones (excluding diaryl/α,β-unsaturated/α-hetero) is 1. The second-order valence-electron chi connectivity index (χ2n) is 9.76. The lowest BCUT2D eigenvalue weighted by atomic mass is 9.93. The number of piperidine rings is 1. The predicted molar refractivity (Wildman–Crippen MR) is 133 cm³/mol. The molecule has 4 nitrogen and oxygen atoms in total. The molecule has 0 unspecified atom stereocenters. The molecule has 1 saturated carbocycles. The van der Waals surface area contributed by atoms with Crippen LogP contribution in [-0.2, 0) is 0 Å². The topological polar surface area (TPSA) is 54.0 Å². The molecule has 1 aliphatic carbocycles. The van der Waals surface area contributed by atoms with E-state index in [1.165, 1.54) is 6.07 Å². The highest BCUT2D eigenvalue weighted by Crippen LogP contribution is 2.39. The number of nitrogens with zero attached hydrogens (tertiary/aromatic N) is 1. The first-order valence-electron chi connectivity index (χ1n) is 11.8. The smallest absolute Gasteiger partial charge is 0.169 e. The molecule has 2 N–H and O–H groups in total. The molecule has 33 heavy (non-hydrogen) atoms. The molecule has 5 rings (SSSR count). The highest BCUT2D eigenvalue weighted by atomic mass is 35.5. The van der Waals surface area contributed by atoms with Gasteiger partial charge in [-0.1, -0.05) is 17.7 Å². The van der Waals surface area contributed by atoms with Crippen LogP contribution in [0.3, 0.4) is 0 Å². The van der Waals surface area contributed by atoms with Crippen molar-refractivity contribution in [2.24, 2.45) is 5.92 Å². The summed E-state index contributed by atoms with van der Waals surface area (Å²) in [5, 5.41) is 8.59. The van der Waals surface area contributed by atoms with Crippen LogP contribution in [0.4, 0.5) is 10.1 Å². The summed E-state index contributed by atoms with van der Waals surface area (Å²) in [5.74, 6) is -0.0648. The van der Waals surface area contributed by atoms with Gasteiger partial charge in [0.2, 0.25) is 0 Å². The van der Waals surface area contributed by atoms with Gasteiger partial charge < -0.3 is 10.6 Å². The highest BCUT2D eigenvalue weighted by molar-refractivity contribution is 6.31. The number of carbonyl (C=O) groups excluding carboxylic acids is 1. The van der Waals surface area contributed by atoms with Crippen LogP contribution < -0.4 is 10.6 Å². The molecule has 0 amide bonds. The van der Waals surface area contributed by atoms with Crippen LogP contribution in [0.1, 0.15) is 55.5 Å². The summed E-state index contributed by atoms with van der Waals surface area (Å²) in [4.78, 5) is 17.8. The van der Waals surface area contributed by atoms with Gasteiger partial charge in [-0.05, 0) is 81.8 Å².